The second-order valence-electron chi connectivity index (χ2n) is 7.51. The first kappa shape index (κ1) is 18.2. The molecule has 1 aromatic heterocycles. The number of aromatic nitrogens is 4. The molecule has 1 aliphatic carbocycles. The Balaban J connectivity index is 1.51. The molecule has 6 heteroatoms. The number of benzene rings is 3. The monoisotopic (exact) mass is 395 g/mol. The first-order chi connectivity index (χ1) is 14.8. The minimum atomic E-state index is -0.140. The molecule has 0 atom stereocenters. The Labute approximate surface area is 174 Å². The van der Waals surface area contributed by atoms with Crippen LogP contribution in [0.15, 0.2) is 66.7 Å². The van der Waals surface area contributed by atoms with Crippen LogP contribution in [0.1, 0.15) is 34.3 Å². The standard InChI is InChI=1S/C24H21N5O/c30-24(20-11-10-17-8-4-5-9-18(17)14-20)25-22-15-19(16-6-2-1-3-7-16)12-13-21(22)23-26-28-29-27-23/h1-3,6-7,10-15H,4-5,8-9H2,(H,25,30)(H,26,27,28,29). The summed E-state index contributed by atoms with van der Waals surface area (Å²) in [5, 5.41) is 17.4. The lowest BCUT2D eigenvalue weighted by atomic mass is 9.90. The highest BCUT2D eigenvalue weighted by Gasteiger charge is 2.17. The van der Waals surface area contributed by atoms with Crippen LogP contribution in [0.3, 0.4) is 0 Å². The number of hydrogen-bond donors (Lipinski definition) is 2. The van der Waals surface area contributed by atoms with Crippen LogP contribution in [0.2, 0.25) is 0 Å². The number of aromatic amines is 1. The molecule has 0 saturated heterocycles. The van der Waals surface area contributed by atoms with E-state index in [0.29, 0.717) is 17.1 Å². The fraction of sp³-hybridized carbons (Fsp3) is 0.167. The highest BCUT2D eigenvalue weighted by molar-refractivity contribution is 6.06. The van der Waals surface area contributed by atoms with Crippen LogP contribution in [-0.4, -0.2) is 26.5 Å². The highest BCUT2D eigenvalue weighted by Crippen LogP contribution is 2.31. The van der Waals surface area contributed by atoms with Crippen molar-refractivity contribution >= 4 is 11.6 Å². The van der Waals surface area contributed by atoms with Gasteiger partial charge >= 0.3 is 0 Å². The van der Waals surface area contributed by atoms with Gasteiger partial charge in [-0.3, -0.25) is 4.79 Å². The fourth-order valence-electron chi connectivity index (χ4n) is 4.00. The van der Waals surface area contributed by atoms with E-state index in [2.05, 4.69) is 32.0 Å². The molecule has 0 saturated carbocycles. The van der Waals surface area contributed by atoms with Gasteiger partial charge in [-0.05, 0) is 77.4 Å². The third-order valence-corrected chi connectivity index (χ3v) is 5.57. The smallest absolute Gasteiger partial charge is 0.255 e. The minimum absolute atomic E-state index is 0.140. The zero-order valence-corrected chi connectivity index (χ0v) is 16.4. The summed E-state index contributed by atoms with van der Waals surface area (Å²) in [5.41, 5.74) is 6.75. The van der Waals surface area contributed by atoms with Gasteiger partial charge in [-0.15, -0.1) is 10.2 Å². The summed E-state index contributed by atoms with van der Waals surface area (Å²) in [7, 11) is 0. The summed E-state index contributed by atoms with van der Waals surface area (Å²) in [6.07, 6.45) is 4.53. The van der Waals surface area contributed by atoms with Crippen molar-refractivity contribution in [2.75, 3.05) is 5.32 Å². The molecule has 30 heavy (non-hydrogen) atoms. The van der Waals surface area contributed by atoms with Gasteiger partial charge in [0.05, 0.1) is 5.69 Å². The summed E-state index contributed by atoms with van der Waals surface area (Å²) in [6, 6.07) is 21.9. The number of nitrogens with one attached hydrogen (secondary N) is 2. The molecule has 4 aromatic rings. The van der Waals surface area contributed by atoms with Gasteiger partial charge in [-0.1, -0.05) is 42.5 Å². The fourth-order valence-corrected chi connectivity index (χ4v) is 4.00. The second-order valence-corrected chi connectivity index (χ2v) is 7.51. The average Bonchev–Trinajstić information content (AvgIpc) is 3.34. The average molecular weight is 395 g/mol. The number of anilines is 1. The third-order valence-electron chi connectivity index (χ3n) is 5.57. The predicted molar refractivity (Wildman–Crippen MR) is 116 cm³/mol. The van der Waals surface area contributed by atoms with Gasteiger partial charge in [-0.2, -0.15) is 5.21 Å². The molecule has 1 amide bonds. The minimum Gasteiger partial charge on any atom is -0.321 e. The van der Waals surface area contributed by atoms with E-state index in [1.54, 1.807) is 0 Å². The van der Waals surface area contributed by atoms with Gasteiger partial charge < -0.3 is 5.32 Å². The van der Waals surface area contributed by atoms with E-state index in [1.165, 1.54) is 24.0 Å². The molecule has 0 aliphatic heterocycles. The molecule has 2 N–H and O–H groups in total. The molecule has 3 aromatic carbocycles. The topological polar surface area (TPSA) is 83.6 Å². The molecule has 0 unspecified atom stereocenters. The molecule has 0 spiro atoms. The zero-order valence-electron chi connectivity index (χ0n) is 16.4. The summed E-state index contributed by atoms with van der Waals surface area (Å²) >= 11 is 0. The number of amides is 1. The van der Waals surface area contributed by atoms with E-state index >= 15 is 0 Å². The quantitative estimate of drug-likeness (QED) is 0.526. The maximum absolute atomic E-state index is 13.1. The van der Waals surface area contributed by atoms with Gasteiger partial charge in [0.1, 0.15) is 0 Å². The van der Waals surface area contributed by atoms with Crippen LogP contribution in [0.25, 0.3) is 22.5 Å². The molecule has 148 valence electrons. The molecule has 0 bridgehead atoms. The summed E-state index contributed by atoms with van der Waals surface area (Å²) in [5.74, 6) is 0.300. The Morgan fingerprint density at radius 2 is 1.70 bits per heavy atom. The van der Waals surface area contributed by atoms with Crippen molar-refractivity contribution in [3.8, 4) is 22.5 Å². The van der Waals surface area contributed by atoms with Crippen molar-refractivity contribution < 1.29 is 4.79 Å². The molecular formula is C24H21N5O. The van der Waals surface area contributed by atoms with Crippen LogP contribution >= 0.6 is 0 Å². The summed E-state index contributed by atoms with van der Waals surface area (Å²) < 4.78 is 0. The van der Waals surface area contributed by atoms with Crippen LogP contribution in [0, 0.1) is 0 Å². The lowest BCUT2D eigenvalue weighted by Gasteiger charge is -2.17. The lowest BCUT2D eigenvalue weighted by molar-refractivity contribution is 0.102. The first-order valence-corrected chi connectivity index (χ1v) is 10.1. The van der Waals surface area contributed by atoms with E-state index < -0.39 is 0 Å². The van der Waals surface area contributed by atoms with Crippen molar-refractivity contribution in [1.82, 2.24) is 20.6 Å². The number of carbonyl (C=O) groups is 1. The molecular weight excluding hydrogens is 374 g/mol. The molecule has 0 radical (unpaired) electrons. The Morgan fingerprint density at radius 1 is 0.867 bits per heavy atom. The van der Waals surface area contributed by atoms with E-state index in [-0.39, 0.29) is 5.91 Å². The van der Waals surface area contributed by atoms with Crippen LogP contribution in [-0.2, 0) is 12.8 Å². The number of hydrogen-bond acceptors (Lipinski definition) is 4. The van der Waals surface area contributed by atoms with E-state index in [4.69, 9.17) is 0 Å². The highest BCUT2D eigenvalue weighted by atomic mass is 16.1. The van der Waals surface area contributed by atoms with Crippen LogP contribution in [0.5, 0.6) is 0 Å². The van der Waals surface area contributed by atoms with Gasteiger partial charge in [0, 0.05) is 11.1 Å². The van der Waals surface area contributed by atoms with Crippen molar-refractivity contribution in [2.24, 2.45) is 0 Å². The Hall–Kier alpha value is -3.80. The predicted octanol–water partition coefficient (Wildman–Crippen LogP) is 4.66. The number of H-pyrrole nitrogens is 1. The maximum atomic E-state index is 13.1. The van der Waals surface area contributed by atoms with E-state index in [9.17, 15) is 4.79 Å². The molecule has 5 rings (SSSR count). The number of rotatable bonds is 4. The van der Waals surface area contributed by atoms with Crippen molar-refractivity contribution in [1.29, 1.82) is 0 Å². The zero-order chi connectivity index (χ0) is 20.3. The second kappa shape index (κ2) is 7.91. The number of aryl methyl sites for hydroxylation is 2. The van der Waals surface area contributed by atoms with Crippen molar-refractivity contribution in [3.63, 3.8) is 0 Å². The molecule has 6 nitrogen and oxygen atoms in total. The van der Waals surface area contributed by atoms with Gasteiger partial charge in [0.15, 0.2) is 0 Å². The van der Waals surface area contributed by atoms with Gasteiger partial charge in [0.2, 0.25) is 5.82 Å². The normalized spacial score (nSPS) is 12.9. The third kappa shape index (κ3) is 3.59. The van der Waals surface area contributed by atoms with Crippen LogP contribution < -0.4 is 5.32 Å². The molecule has 1 aliphatic rings. The van der Waals surface area contributed by atoms with E-state index in [1.807, 2.05) is 60.7 Å². The SMILES string of the molecule is O=C(Nc1cc(-c2ccccc2)ccc1-c1nn[nH]n1)c1ccc2c(c1)CCCC2. The number of fused-ring (bicyclic) bond motifs is 1. The molecule has 0 fully saturated rings. The summed E-state index contributed by atoms with van der Waals surface area (Å²) in [4.78, 5) is 13.1. The number of tetrazole rings is 1. The number of carbonyl (C=O) groups excluding carboxylic acids is 1. The van der Waals surface area contributed by atoms with E-state index in [0.717, 1.165) is 29.5 Å². The number of nitrogens with zero attached hydrogens (tertiary/aromatic N) is 3. The van der Waals surface area contributed by atoms with Crippen LogP contribution in [0.4, 0.5) is 5.69 Å². The Bertz CT molecular complexity index is 1190. The Morgan fingerprint density at radius 3 is 2.50 bits per heavy atom. The maximum Gasteiger partial charge on any atom is 0.255 e. The van der Waals surface area contributed by atoms with Crippen molar-refractivity contribution in [2.45, 2.75) is 25.7 Å². The summed E-state index contributed by atoms with van der Waals surface area (Å²) in [6.45, 7) is 0. The largest absolute Gasteiger partial charge is 0.321 e. The van der Waals surface area contributed by atoms with Crippen molar-refractivity contribution in [3.05, 3.63) is 83.4 Å². The lowest BCUT2D eigenvalue weighted by Crippen LogP contribution is -2.14. The first-order valence-electron chi connectivity index (χ1n) is 10.1. The van der Waals surface area contributed by atoms with Gasteiger partial charge in [0.25, 0.3) is 5.91 Å². The van der Waals surface area contributed by atoms with Gasteiger partial charge in [-0.25, -0.2) is 0 Å². The Kier molecular flexibility index (Phi) is 4.81. The molecule has 1 heterocycles.